The monoisotopic (exact) mass is 407 g/mol. The van der Waals surface area contributed by atoms with E-state index >= 15 is 0 Å². The molecule has 2 N–H and O–H groups in total. The van der Waals surface area contributed by atoms with Crippen LogP contribution in [0.3, 0.4) is 0 Å². The number of carbonyl (C=O) groups excluding carboxylic acids is 1. The van der Waals surface area contributed by atoms with E-state index in [2.05, 4.69) is 10.3 Å². The van der Waals surface area contributed by atoms with E-state index in [4.69, 9.17) is 5.26 Å². The zero-order chi connectivity index (χ0) is 21.3. The Hall–Kier alpha value is -3.22. The number of aromatic nitrogens is 1. The third kappa shape index (κ3) is 4.29. The number of halogens is 3. The standard InChI is InChI=1S/C19H17F3N4O3/c1-9(18-15(22)2-10(7-23)8-26(18)29)24-17(27)5-12-3-11-4-13(20)14(21)6-16(11)25-19(12)28/h3-4,6,9-10,15,18H,2,5,8H2,1H3,(H-,24,25,27,28)/p+1/t9-,10?,15?,18?/m1/s1. The van der Waals surface area contributed by atoms with Gasteiger partial charge in [0.25, 0.3) is 11.6 Å². The zero-order valence-electron chi connectivity index (χ0n) is 15.4. The molecule has 0 spiro atoms. The molecule has 29 heavy (non-hydrogen) atoms. The van der Waals surface area contributed by atoms with Crippen LogP contribution in [0.5, 0.6) is 0 Å². The smallest absolute Gasteiger partial charge is 0.252 e. The van der Waals surface area contributed by atoms with Gasteiger partial charge in [0.1, 0.15) is 5.92 Å². The molecule has 1 aliphatic rings. The molecule has 1 amide bonds. The maximum atomic E-state index is 14.3. The van der Waals surface area contributed by atoms with Crippen LogP contribution in [-0.2, 0) is 11.2 Å². The van der Waals surface area contributed by atoms with E-state index < -0.39 is 53.7 Å². The topological polar surface area (TPSA) is 106 Å². The fraction of sp³-hybridized carbons (Fsp3) is 0.421. The summed E-state index contributed by atoms with van der Waals surface area (Å²) in [5.74, 6) is -3.54. The van der Waals surface area contributed by atoms with Gasteiger partial charge in [0, 0.05) is 33.1 Å². The van der Waals surface area contributed by atoms with Gasteiger partial charge in [0.05, 0.1) is 24.0 Å². The van der Waals surface area contributed by atoms with Gasteiger partial charge in [-0.2, -0.15) is 5.26 Å². The number of nitrogens with one attached hydrogen (secondary N) is 2. The van der Waals surface area contributed by atoms with Crippen LogP contribution in [0.1, 0.15) is 18.9 Å². The van der Waals surface area contributed by atoms with Crippen LogP contribution in [0.4, 0.5) is 13.2 Å². The molecule has 152 valence electrons. The number of aromatic amines is 1. The molecule has 7 nitrogen and oxygen atoms in total. The summed E-state index contributed by atoms with van der Waals surface area (Å²) in [4.78, 5) is 38.9. The zero-order valence-corrected chi connectivity index (χ0v) is 15.4. The number of pyridine rings is 1. The van der Waals surface area contributed by atoms with Crippen LogP contribution in [0.25, 0.3) is 10.9 Å². The van der Waals surface area contributed by atoms with Gasteiger partial charge in [-0.15, -0.1) is 0 Å². The third-order valence-electron chi connectivity index (χ3n) is 5.01. The van der Waals surface area contributed by atoms with Crippen LogP contribution in [0.15, 0.2) is 23.0 Å². The van der Waals surface area contributed by atoms with Gasteiger partial charge in [0.2, 0.25) is 12.5 Å². The first-order chi connectivity index (χ1) is 13.7. The lowest BCUT2D eigenvalue weighted by Gasteiger charge is -2.26. The van der Waals surface area contributed by atoms with Gasteiger partial charge in [0.15, 0.2) is 17.8 Å². The highest BCUT2D eigenvalue weighted by Crippen LogP contribution is 2.23. The van der Waals surface area contributed by atoms with Crippen molar-refractivity contribution < 1.29 is 22.7 Å². The normalized spacial score (nSPS) is 22.9. The second-order valence-electron chi connectivity index (χ2n) is 7.18. The number of piperidine rings is 1. The van der Waals surface area contributed by atoms with E-state index in [1.165, 1.54) is 13.0 Å². The molecule has 1 aromatic carbocycles. The fourth-order valence-electron chi connectivity index (χ4n) is 3.60. The lowest BCUT2D eigenvalue weighted by atomic mass is 9.90. The number of fused-ring (bicyclic) bond motifs is 1. The summed E-state index contributed by atoms with van der Waals surface area (Å²) in [5.41, 5.74) is -0.546. The quantitative estimate of drug-likeness (QED) is 0.755. The molecule has 2 heterocycles. The maximum Gasteiger partial charge on any atom is 0.252 e. The molecule has 2 aromatic rings. The Morgan fingerprint density at radius 2 is 2.07 bits per heavy atom. The Bertz CT molecular complexity index is 1080. The highest BCUT2D eigenvalue weighted by Gasteiger charge is 2.47. The van der Waals surface area contributed by atoms with Crippen molar-refractivity contribution in [3.63, 3.8) is 0 Å². The first-order valence-electron chi connectivity index (χ1n) is 8.97. The molecule has 0 saturated carbocycles. The average Bonchev–Trinajstić information content (AvgIpc) is 2.63. The first kappa shape index (κ1) is 20.5. The highest BCUT2D eigenvalue weighted by atomic mass is 19.2. The Labute approximate surface area is 163 Å². The number of carbonyl (C=O) groups is 1. The Morgan fingerprint density at radius 3 is 2.72 bits per heavy atom. The molecule has 3 rings (SSSR count). The van der Waals surface area contributed by atoms with Crippen molar-refractivity contribution in [3.05, 3.63) is 50.7 Å². The molecule has 1 aromatic heterocycles. The lowest BCUT2D eigenvalue weighted by Crippen LogP contribution is -2.55. The predicted octanol–water partition coefficient (Wildman–Crippen LogP) is 1.88. The van der Waals surface area contributed by atoms with Crippen LogP contribution in [0.2, 0.25) is 0 Å². The fourth-order valence-corrected chi connectivity index (χ4v) is 3.60. The summed E-state index contributed by atoms with van der Waals surface area (Å²) in [5, 5.41) is 11.6. The van der Waals surface area contributed by atoms with E-state index in [-0.39, 0.29) is 29.4 Å². The minimum atomic E-state index is -1.58. The average molecular weight is 407 g/mol. The summed E-state index contributed by atoms with van der Waals surface area (Å²) < 4.78 is 41.5. The summed E-state index contributed by atoms with van der Waals surface area (Å²) in [6, 6.07) is 2.89. The maximum absolute atomic E-state index is 14.3. The van der Waals surface area contributed by atoms with Crippen LogP contribution >= 0.6 is 0 Å². The molecular formula is C19H18F3N4O3+. The number of hydrogen-bond acceptors (Lipinski definition) is 4. The van der Waals surface area contributed by atoms with Crippen molar-refractivity contribution >= 4 is 16.8 Å². The summed E-state index contributed by atoms with van der Waals surface area (Å²) >= 11 is 0. The molecule has 4 atom stereocenters. The Kier molecular flexibility index (Phi) is 5.68. The van der Waals surface area contributed by atoms with Crippen molar-refractivity contribution in [2.45, 2.75) is 38.0 Å². The molecule has 1 fully saturated rings. The van der Waals surface area contributed by atoms with Gasteiger partial charge in [-0.1, -0.05) is 0 Å². The Balaban J connectivity index is 1.73. The molecule has 0 bridgehead atoms. The number of hydrogen-bond donors (Lipinski definition) is 2. The van der Waals surface area contributed by atoms with E-state index in [1.54, 1.807) is 0 Å². The highest BCUT2D eigenvalue weighted by molar-refractivity contribution is 5.82. The van der Waals surface area contributed by atoms with Crippen LogP contribution in [-0.4, -0.2) is 40.5 Å². The molecule has 1 saturated heterocycles. The summed E-state index contributed by atoms with van der Waals surface area (Å²) in [6.45, 7) is 1.32. The summed E-state index contributed by atoms with van der Waals surface area (Å²) in [7, 11) is 0. The number of amides is 1. The number of alkyl halides is 1. The van der Waals surface area contributed by atoms with Crippen LogP contribution < -0.4 is 10.9 Å². The second-order valence-corrected chi connectivity index (χ2v) is 7.18. The number of benzene rings is 1. The van der Waals surface area contributed by atoms with Crippen molar-refractivity contribution in [3.8, 4) is 6.07 Å². The van der Waals surface area contributed by atoms with E-state index in [1.807, 2.05) is 6.07 Å². The van der Waals surface area contributed by atoms with E-state index in [0.29, 0.717) is 4.76 Å². The van der Waals surface area contributed by atoms with Crippen molar-refractivity contribution in [2.75, 3.05) is 6.54 Å². The summed E-state index contributed by atoms with van der Waals surface area (Å²) in [6.07, 6.45) is -2.06. The lowest BCUT2D eigenvalue weighted by molar-refractivity contribution is -0.610. The van der Waals surface area contributed by atoms with Gasteiger partial charge in [-0.3, -0.25) is 9.59 Å². The molecule has 0 radical (unpaired) electrons. The van der Waals surface area contributed by atoms with Gasteiger partial charge in [-0.25, -0.2) is 13.2 Å². The molecular weight excluding hydrogens is 389 g/mol. The molecule has 1 aliphatic heterocycles. The largest absolute Gasteiger partial charge is 0.346 e. The van der Waals surface area contributed by atoms with E-state index in [9.17, 15) is 27.7 Å². The number of nitriles is 1. The molecule has 3 unspecified atom stereocenters. The SMILES string of the molecule is C[C@@H](NC(=O)Cc1cc2cc(F)c(F)cc2[nH]c1=O)C1C(F)CC(C#N)C[N+]1=O. The van der Waals surface area contributed by atoms with Crippen LogP contribution in [0, 0.1) is 33.8 Å². The second kappa shape index (κ2) is 8.03. The van der Waals surface area contributed by atoms with Crippen molar-refractivity contribution in [2.24, 2.45) is 5.92 Å². The third-order valence-corrected chi connectivity index (χ3v) is 5.01. The minimum Gasteiger partial charge on any atom is -0.346 e. The van der Waals surface area contributed by atoms with Crippen molar-refractivity contribution in [1.82, 2.24) is 10.3 Å². The van der Waals surface area contributed by atoms with Gasteiger partial charge >= 0.3 is 0 Å². The number of nitrogens with zero attached hydrogens (tertiary/aromatic N) is 2. The Morgan fingerprint density at radius 1 is 1.38 bits per heavy atom. The van der Waals surface area contributed by atoms with Gasteiger partial charge < -0.3 is 10.3 Å². The van der Waals surface area contributed by atoms with E-state index in [0.717, 1.165) is 12.1 Å². The number of H-pyrrole nitrogens is 1. The predicted molar refractivity (Wildman–Crippen MR) is 96.7 cm³/mol. The van der Waals surface area contributed by atoms with Gasteiger partial charge in [-0.05, 0) is 19.1 Å². The number of nitroso groups, excluding NO2 is 1. The molecule has 0 aliphatic carbocycles. The number of rotatable bonds is 4. The molecule has 10 heteroatoms. The minimum absolute atomic E-state index is 0.0113. The van der Waals surface area contributed by atoms with Crippen molar-refractivity contribution in [1.29, 1.82) is 5.26 Å². The first-order valence-corrected chi connectivity index (χ1v) is 8.97.